The molecule has 22 heavy (non-hydrogen) atoms. The van der Waals surface area contributed by atoms with E-state index in [1.165, 1.54) is 0 Å². The number of hydrogen-bond donors (Lipinski definition) is 3. The Morgan fingerprint density at radius 3 is 2.64 bits per heavy atom. The summed E-state index contributed by atoms with van der Waals surface area (Å²) in [6.45, 7) is 5.71. The van der Waals surface area contributed by atoms with Crippen LogP contribution in [-0.2, 0) is 4.79 Å². The van der Waals surface area contributed by atoms with Gasteiger partial charge in [-0.05, 0) is 32.4 Å². The highest BCUT2D eigenvalue weighted by atomic mass is 16.7. The molecule has 1 aliphatic heterocycles. The van der Waals surface area contributed by atoms with Crippen LogP contribution in [0.5, 0.6) is 11.5 Å². The number of anilines is 1. The zero-order chi connectivity index (χ0) is 16.1. The van der Waals surface area contributed by atoms with Crippen molar-refractivity contribution in [3.8, 4) is 11.5 Å². The maximum atomic E-state index is 11.9. The molecule has 0 spiro atoms. The molecule has 7 heteroatoms. The van der Waals surface area contributed by atoms with Crippen molar-refractivity contribution in [2.24, 2.45) is 0 Å². The molecule has 0 aliphatic carbocycles. The van der Waals surface area contributed by atoms with Crippen molar-refractivity contribution in [3.05, 3.63) is 18.2 Å². The topological polar surface area (TPSA) is 88.7 Å². The van der Waals surface area contributed by atoms with E-state index in [1.807, 2.05) is 13.8 Å². The lowest BCUT2D eigenvalue weighted by molar-refractivity contribution is -0.123. The number of carbonyl (C=O) groups is 2. The van der Waals surface area contributed by atoms with Crippen LogP contribution in [0.2, 0.25) is 0 Å². The monoisotopic (exact) mass is 307 g/mol. The molecule has 0 saturated heterocycles. The number of urea groups is 1. The normalized spacial score (nSPS) is 14.9. The fourth-order valence-electron chi connectivity index (χ4n) is 1.87. The molecule has 0 radical (unpaired) electrons. The Hall–Kier alpha value is -2.44. The molecule has 0 aromatic heterocycles. The highest BCUT2D eigenvalue weighted by Crippen LogP contribution is 2.34. The smallest absolute Gasteiger partial charge is 0.319 e. The van der Waals surface area contributed by atoms with Crippen LogP contribution in [-0.4, -0.2) is 30.8 Å². The predicted molar refractivity (Wildman–Crippen MR) is 82.1 cm³/mol. The van der Waals surface area contributed by atoms with Crippen LogP contribution < -0.4 is 25.4 Å². The van der Waals surface area contributed by atoms with Gasteiger partial charge in [0.1, 0.15) is 6.04 Å². The van der Waals surface area contributed by atoms with Gasteiger partial charge in [-0.2, -0.15) is 0 Å². The van der Waals surface area contributed by atoms with E-state index in [4.69, 9.17) is 9.47 Å². The van der Waals surface area contributed by atoms with E-state index in [2.05, 4.69) is 16.0 Å². The molecular weight excluding hydrogens is 286 g/mol. The number of amides is 3. The van der Waals surface area contributed by atoms with E-state index in [0.29, 0.717) is 17.2 Å². The molecule has 0 bridgehead atoms. The zero-order valence-corrected chi connectivity index (χ0v) is 12.9. The molecule has 2 atom stereocenters. The van der Waals surface area contributed by atoms with Crippen molar-refractivity contribution in [2.45, 2.75) is 39.3 Å². The summed E-state index contributed by atoms with van der Waals surface area (Å²) < 4.78 is 10.4. The van der Waals surface area contributed by atoms with Crippen LogP contribution in [0.4, 0.5) is 10.5 Å². The van der Waals surface area contributed by atoms with Gasteiger partial charge in [-0.3, -0.25) is 4.79 Å². The van der Waals surface area contributed by atoms with Gasteiger partial charge in [-0.15, -0.1) is 0 Å². The summed E-state index contributed by atoms with van der Waals surface area (Å²) >= 11 is 0. The van der Waals surface area contributed by atoms with Crippen LogP contribution >= 0.6 is 0 Å². The predicted octanol–water partition coefficient (Wildman–Crippen LogP) is 1.84. The van der Waals surface area contributed by atoms with Crippen LogP contribution in [0.3, 0.4) is 0 Å². The van der Waals surface area contributed by atoms with Crippen molar-refractivity contribution in [1.82, 2.24) is 10.6 Å². The lowest BCUT2D eigenvalue weighted by Gasteiger charge is -2.17. The molecule has 120 valence electrons. The summed E-state index contributed by atoms with van der Waals surface area (Å²) in [6.07, 6.45) is 0.835. The highest BCUT2D eigenvalue weighted by molar-refractivity contribution is 5.93. The first-order valence-electron chi connectivity index (χ1n) is 7.27. The van der Waals surface area contributed by atoms with Crippen molar-refractivity contribution < 1.29 is 19.1 Å². The second-order valence-corrected chi connectivity index (χ2v) is 5.21. The molecule has 3 N–H and O–H groups in total. The third-order valence-electron chi connectivity index (χ3n) is 3.37. The molecule has 1 heterocycles. The number of carbonyl (C=O) groups excluding carboxylic acids is 2. The Bertz CT molecular complexity index is 562. The second kappa shape index (κ2) is 7.02. The summed E-state index contributed by atoms with van der Waals surface area (Å²) in [6, 6.07) is 4.10. The average Bonchev–Trinajstić information content (AvgIpc) is 2.94. The molecule has 1 aromatic rings. The van der Waals surface area contributed by atoms with E-state index in [0.717, 1.165) is 6.42 Å². The van der Waals surface area contributed by atoms with E-state index >= 15 is 0 Å². The van der Waals surface area contributed by atoms with Gasteiger partial charge in [-0.25, -0.2) is 4.79 Å². The minimum Gasteiger partial charge on any atom is -0.454 e. The fraction of sp³-hybridized carbons (Fsp3) is 0.467. The molecule has 1 aliphatic rings. The Kier molecular flexibility index (Phi) is 5.08. The number of ether oxygens (including phenoxy) is 2. The average molecular weight is 307 g/mol. The van der Waals surface area contributed by atoms with Crippen molar-refractivity contribution >= 4 is 17.6 Å². The van der Waals surface area contributed by atoms with Crippen molar-refractivity contribution in [1.29, 1.82) is 0 Å². The van der Waals surface area contributed by atoms with Crippen LogP contribution in [0, 0.1) is 0 Å². The van der Waals surface area contributed by atoms with E-state index in [-0.39, 0.29) is 18.7 Å². The third kappa shape index (κ3) is 4.03. The lowest BCUT2D eigenvalue weighted by atomic mass is 10.2. The SMILES string of the molecule is CC[C@H](C)NC(=O)[C@@H](C)NC(=O)Nc1ccc2c(c1)OCO2. The Morgan fingerprint density at radius 1 is 1.18 bits per heavy atom. The summed E-state index contributed by atoms with van der Waals surface area (Å²) in [5.74, 6) is 1.02. The second-order valence-electron chi connectivity index (χ2n) is 5.21. The summed E-state index contributed by atoms with van der Waals surface area (Å²) in [4.78, 5) is 23.8. The zero-order valence-electron chi connectivity index (χ0n) is 12.9. The number of nitrogens with one attached hydrogen (secondary N) is 3. The Morgan fingerprint density at radius 2 is 1.91 bits per heavy atom. The number of hydrogen-bond acceptors (Lipinski definition) is 4. The van der Waals surface area contributed by atoms with Gasteiger partial charge in [0.15, 0.2) is 11.5 Å². The molecule has 2 rings (SSSR count). The fourth-order valence-corrected chi connectivity index (χ4v) is 1.87. The van der Waals surface area contributed by atoms with Gasteiger partial charge in [0.25, 0.3) is 0 Å². The molecule has 0 unspecified atom stereocenters. The minimum absolute atomic E-state index is 0.0775. The maximum Gasteiger partial charge on any atom is 0.319 e. The first-order valence-corrected chi connectivity index (χ1v) is 7.27. The van der Waals surface area contributed by atoms with Crippen molar-refractivity contribution in [3.63, 3.8) is 0 Å². The van der Waals surface area contributed by atoms with Gasteiger partial charge >= 0.3 is 6.03 Å². The number of fused-ring (bicyclic) bond motifs is 1. The molecular formula is C15H21N3O4. The summed E-state index contributed by atoms with van der Waals surface area (Å²) in [7, 11) is 0. The molecule has 0 fully saturated rings. The first kappa shape index (κ1) is 15.9. The largest absolute Gasteiger partial charge is 0.454 e. The maximum absolute atomic E-state index is 11.9. The van der Waals surface area contributed by atoms with Crippen LogP contribution in [0.1, 0.15) is 27.2 Å². The van der Waals surface area contributed by atoms with E-state index in [1.54, 1.807) is 25.1 Å². The Labute approximate surface area is 129 Å². The van der Waals surface area contributed by atoms with E-state index < -0.39 is 12.1 Å². The third-order valence-corrected chi connectivity index (χ3v) is 3.37. The number of rotatable bonds is 5. The number of benzene rings is 1. The molecule has 7 nitrogen and oxygen atoms in total. The van der Waals surface area contributed by atoms with Gasteiger partial charge < -0.3 is 25.4 Å². The van der Waals surface area contributed by atoms with Crippen LogP contribution in [0.25, 0.3) is 0 Å². The van der Waals surface area contributed by atoms with Gasteiger partial charge in [0, 0.05) is 17.8 Å². The van der Waals surface area contributed by atoms with Gasteiger partial charge in [0.2, 0.25) is 12.7 Å². The van der Waals surface area contributed by atoms with E-state index in [9.17, 15) is 9.59 Å². The Balaban J connectivity index is 1.86. The summed E-state index contributed by atoms with van der Waals surface area (Å²) in [5.41, 5.74) is 0.566. The molecule has 1 aromatic carbocycles. The highest BCUT2D eigenvalue weighted by Gasteiger charge is 2.18. The van der Waals surface area contributed by atoms with Gasteiger partial charge in [-0.1, -0.05) is 6.92 Å². The van der Waals surface area contributed by atoms with Crippen molar-refractivity contribution in [2.75, 3.05) is 12.1 Å². The first-order chi connectivity index (χ1) is 10.5. The van der Waals surface area contributed by atoms with Gasteiger partial charge in [0.05, 0.1) is 0 Å². The quantitative estimate of drug-likeness (QED) is 0.774. The lowest BCUT2D eigenvalue weighted by Crippen LogP contribution is -2.48. The van der Waals surface area contributed by atoms with Crippen LogP contribution in [0.15, 0.2) is 18.2 Å². The molecule has 0 saturated carbocycles. The molecule has 3 amide bonds. The standard InChI is InChI=1S/C15H21N3O4/c1-4-9(2)16-14(19)10(3)17-15(20)18-11-5-6-12-13(7-11)22-8-21-12/h5-7,9-10H,4,8H2,1-3H3,(H,16,19)(H2,17,18,20)/t9-,10+/m0/s1. The summed E-state index contributed by atoms with van der Waals surface area (Å²) in [5, 5.41) is 8.06. The minimum atomic E-state index is -0.622.